The summed E-state index contributed by atoms with van der Waals surface area (Å²) >= 11 is 0. The monoisotopic (exact) mass is 268 g/mol. The zero-order valence-electron chi connectivity index (χ0n) is 9.26. The van der Waals surface area contributed by atoms with Crippen LogP contribution in [0.1, 0.15) is 27.8 Å². The zero-order chi connectivity index (χ0) is 9.89. The van der Waals surface area contributed by atoms with Crippen molar-refractivity contribution < 1.29 is 24.6 Å². The Labute approximate surface area is 94.3 Å². The fourth-order valence-electron chi connectivity index (χ4n) is 1.41. The van der Waals surface area contributed by atoms with Gasteiger partial charge in [-0.3, -0.25) is 0 Å². The number of rotatable bonds is 0. The molecule has 0 bridgehead atoms. The molecule has 13 heavy (non-hydrogen) atoms. The van der Waals surface area contributed by atoms with Crippen LogP contribution in [-0.4, -0.2) is 7.11 Å². The van der Waals surface area contributed by atoms with Gasteiger partial charge in [0.2, 0.25) is 0 Å². The van der Waals surface area contributed by atoms with E-state index in [1.807, 2.05) is 0 Å². The molecule has 0 N–H and O–H groups in total. The Morgan fingerprint density at radius 3 is 1.15 bits per heavy atom. The molecule has 1 rings (SSSR count). The van der Waals surface area contributed by atoms with Gasteiger partial charge in [-0.15, -0.1) is 0 Å². The molecule has 0 radical (unpaired) electrons. The van der Waals surface area contributed by atoms with Crippen LogP contribution < -0.4 is 5.11 Å². The molecular formula is C11H18ORu. The summed E-state index contributed by atoms with van der Waals surface area (Å²) in [6.45, 7) is 11.0. The summed E-state index contributed by atoms with van der Waals surface area (Å²) in [5, 5.41) is 8.25. The molecule has 0 aliphatic rings. The Hall–Kier alpha value is -0.0666. The molecule has 0 saturated heterocycles. The minimum absolute atomic E-state index is 0. The van der Waals surface area contributed by atoms with E-state index in [0.29, 0.717) is 0 Å². The van der Waals surface area contributed by atoms with Crippen LogP contribution >= 0.6 is 0 Å². The molecule has 0 atom stereocenters. The van der Waals surface area contributed by atoms with Crippen LogP contribution in [0.4, 0.5) is 0 Å². The molecule has 76 valence electrons. The number of hydrogen-bond donors (Lipinski definition) is 0. The summed E-state index contributed by atoms with van der Waals surface area (Å²) in [4.78, 5) is 0. The molecule has 0 fully saturated rings. The second-order valence-electron chi connectivity index (χ2n) is 3.12. The fraction of sp³-hybridized carbons (Fsp3) is 0.545. The summed E-state index contributed by atoms with van der Waals surface area (Å²) in [5.41, 5.74) is 7.34. The first kappa shape index (κ1) is 15.4. The second-order valence-corrected chi connectivity index (χ2v) is 3.12. The van der Waals surface area contributed by atoms with Crippen molar-refractivity contribution in [1.29, 1.82) is 0 Å². The third-order valence-corrected chi connectivity index (χ3v) is 2.81. The van der Waals surface area contributed by atoms with E-state index < -0.39 is 0 Å². The summed E-state index contributed by atoms with van der Waals surface area (Å²) in [6.07, 6.45) is 0. The van der Waals surface area contributed by atoms with Gasteiger partial charge < -0.3 is 5.11 Å². The average Bonchev–Trinajstić information content (AvgIpc) is 2.27. The molecule has 1 aromatic carbocycles. The van der Waals surface area contributed by atoms with Crippen molar-refractivity contribution in [2.45, 2.75) is 34.6 Å². The van der Waals surface area contributed by atoms with Gasteiger partial charge >= 0.3 is 19.5 Å². The maximum absolute atomic E-state index is 8.25. The van der Waals surface area contributed by atoms with Crippen LogP contribution in [0.25, 0.3) is 0 Å². The quantitative estimate of drug-likeness (QED) is 0.520. The Balaban J connectivity index is 0. The Morgan fingerprint density at radius 1 is 0.846 bits per heavy atom. The van der Waals surface area contributed by atoms with E-state index in [1.165, 1.54) is 27.8 Å². The molecule has 0 spiro atoms. The Kier molecular flexibility index (Phi) is 7.58. The number of hydrogen-bond acceptors (Lipinski definition) is 1. The third kappa shape index (κ3) is 2.96. The summed E-state index contributed by atoms with van der Waals surface area (Å²) in [5.74, 6) is 0. The van der Waals surface area contributed by atoms with E-state index in [-0.39, 0.29) is 19.5 Å². The molecule has 1 nitrogen and oxygen atoms in total. The van der Waals surface area contributed by atoms with Crippen molar-refractivity contribution in [2.24, 2.45) is 0 Å². The molecular weight excluding hydrogens is 249 g/mol. The molecule has 0 unspecified atom stereocenters. The van der Waals surface area contributed by atoms with Gasteiger partial charge in [0.05, 0.1) is 0 Å². The first-order chi connectivity index (χ1) is 5.55. The minimum Gasteiger partial charge on any atom is -0.857 e. The molecule has 0 aliphatic carbocycles. The molecule has 0 aliphatic heterocycles. The van der Waals surface area contributed by atoms with Crippen LogP contribution in [-0.2, 0) is 19.5 Å². The van der Waals surface area contributed by atoms with E-state index in [1.54, 1.807) is 0 Å². The summed E-state index contributed by atoms with van der Waals surface area (Å²) in [7, 11) is 0.750. The largest absolute Gasteiger partial charge is 2.00 e. The van der Waals surface area contributed by atoms with Crippen molar-refractivity contribution in [3.05, 3.63) is 27.8 Å². The van der Waals surface area contributed by atoms with Gasteiger partial charge in [0.1, 0.15) is 0 Å². The van der Waals surface area contributed by atoms with Gasteiger partial charge in [-0.1, -0.05) is 34.6 Å². The SMILES string of the molecule is C[O-].Cc1c(C)c(C)[c-](C)c1C.[Ru+2]. The van der Waals surface area contributed by atoms with Crippen LogP contribution in [0.2, 0.25) is 0 Å². The predicted molar refractivity (Wildman–Crippen MR) is 51.6 cm³/mol. The standard InChI is InChI=1S/C10H15.CH3O.Ru/c1-6-7(2)9(4)10(5)8(6)3;1-2;/h1-5H3;1H3;/q2*-1;+2. The van der Waals surface area contributed by atoms with Crippen molar-refractivity contribution >= 4 is 0 Å². The third-order valence-electron chi connectivity index (χ3n) is 2.81. The average molecular weight is 267 g/mol. The van der Waals surface area contributed by atoms with E-state index in [9.17, 15) is 0 Å². The van der Waals surface area contributed by atoms with Gasteiger partial charge in [0.15, 0.2) is 0 Å². The maximum Gasteiger partial charge on any atom is 2.00 e. The van der Waals surface area contributed by atoms with E-state index in [4.69, 9.17) is 5.11 Å². The molecule has 0 heterocycles. The second kappa shape index (κ2) is 6.40. The topological polar surface area (TPSA) is 23.1 Å². The summed E-state index contributed by atoms with van der Waals surface area (Å²) < 4.78 is 0. The van der Waals surface area contributed by atoms with Crippen molar-refractivity contribution in [1.82, 2.24) is 0 Å². The van der Waals surface area contributed by atoms with Crippen molar-refractivity contribution in [3.63, 3.8) is 0 Å². The van der Waals surface area contributed by atoms with Gasteiger partial charge in [0, 0.05) is 0 Å². The van der Waals surface area contributed by atoms with Crippen LogP contribution in [0.15, 0.2) is 0 Å². The van der Waals surface area contributed by atoms with Crippen molar-refractivity contribution in [3.8, 4) is 0 Å². The van der Waals surface area contributed by atoms with E-state index >= 15 is 0 Å². The summed E-state index contributed by atoms with van der Waals surface area (Å²) in [6, 6.07) is 0. The molecule has 2 heteroatoms. The molecule has 0 aromatic heterocycles. The molecule has 0 saturated carbocycles. The van der Waals surface area contributed by atoms with Gasteiger partial charge in [-0.25, -0.2) is 0 Å². The first-order valence-corrected chi connectivity index (χ1v) is 4.16. The maximum atomic E-state index is 8.25. The molecule has 1 aromatic rings. The Morgan fingerprint density at radius 2 is 1.08 bits per heavy atom. The zero-order valence-corrected chi connectivity index (χ0v) is 11.0. The molecule has 0 amide bonds. The fourth-order valence-corrected chi connectivity index (χ4v) is 1.41. The van der Waals surface area contributed by atoms with E-state index in [0.717, 1.165) is 7.11 Å². The normalized spacial score (nSPS) is 8.54. The van der Waals surface area contributed by atoms with Crippen LogP contribution in [0.5, 0.6) is 0 Å². The van der Waals surface area contributed by atoms with E-state index in [2.05, 4.69) is 34.6 Å². The van der Waals surface area contributed by atoms with Gasteiger partial charge in [-0.2, -0.15) is 34.9 Å². The van der Waals surface area contributed by atoms with Crippen LogP contribution in [0.3, 0.4) is 0 Å². The smallest absolute Gasteiger partial charge is 0.857 e. The minimum atomic E-state index is 0. The first-order valence-electron chi connectivity index (χ1n) is 4.16. The van der Waals surface area contributed by atoms with Crippen molar-refractivity contribution in [2.75, 3.05) is 7.11 Å². The Bertz CT molecular complexity index is 181. The predicted octanol–water partition coefficient (Wildman–Crippen LogP) is 1.92. The van der Waals surface area contributed by atoms with Gasteiger partial charge in [0.25, 0.3) is 0 Å². The van der Waals surface area contributed by atoms with Gasteiger partial charge in [-0.05, 0) is 0 Å². The van der Waals surface area contributed by atoms with Crippen LogP contribution in [0, 0.1) is 34.6 Å².